The van der Waals surface area contributed by atoms with Crippen LogP contribution in [0.3, 0.4) is 0 Å². The maximum absolute atomic E-state index is 2.44. The third kappa shape index (κ3) is 6.04. The normalized spacial score (nSPS) is 11.2. The van der Waals surface area contributed by atoms with Crippen molar-refractivity contribution in [3.8, 4) is 50.2 Å². The van der Waals surface area contributed by atoms with Gasteiger partial charge in [-0.25, -0.2) is 0 Å². The van der Waals surface area contributed by atoms with E-state index in [9.17, 15) is 0 Å². The van der Waals surface area contributed by atoms with Crippen molar-refractivity contribution in [3.63, 3.8) is 0 Å². The number of nitrogens with zero attached hydrogens (tertiary/aromatic N) is 2. The van der Waals surface area contributed by atoms with Gasteiger partial charge < -0.3 is 9.47 Å². The van der Waals surface area contributed by atoms with Crippen molar-refractivity contribution in [1.82, 2.24) is 4.57 Å². The molecule has 0 aliphatic carbocycles. The molecule has 0 aliphatic rings. The molecule has 0 saturated carbocycles. The Hall–Kier alpha value is -7.42. The number of rotatable bonds is 8. The first-order valence-electron chi connectivity index (χ1n) is 19.2. The number of hydrogen-bond acceptors (Lipinski definition) is 1. The second-order valence-electron chi connectivity index (χ2n) is 14.1. The van der Waals surface area contributed by atoms with Crippen LogP contribution >= 0.6 is 0 Å². The molecule has 1 heterocycles. The van der Waals surface area contributed by atoms with Crippen LogP contribution in [0, 0.1) is 0 Å². The summed E-state index contributed by atoms with van der Waals surface area (Å²) >= 11 is 0. The first-order chi connectivity index (χ1) is 27.8. The Bertz CT molecular complexity index is 2910. The largest absolute Gasteiger partial charge is 0.311 e. The van der Waals surface area contributed by atoms with Crippen LogP contribution in [0.4, 0.5) is 17.1 Å². The Morgan fingerprint density at radius 3 is 1.32 bits per heavy atom. The molecule has 0 amide bonds. The van der Waals surface area contributed by atoms with Crippen LogP contribution in [0.2, 0.25) is 0 Å². The highest BCUT2D eigenvalue weighted by Crippen LogP contribution is 2.41. The molecule has 0 radical (unpaired) electrons. The lowest BCUT2D eigenvalue weighted by Crippen LogP contribution is -2.09. The minimum Gasteiger partial charge on any atom is -0.311 e. The highest BCUT2D eigenvalue weighted by Gasteiger charge is 2.18. The number of anilines is 3. The SMILES string of the molecule is c1ccc(-c2ccc(N(c3ccccc3)c3ccc(-c4ccc(-c5ccccc5-n5c6ccccc6c6c(-c7ccccc7)cccc65)cc4)cc3)cc2)cc1. The zero-order valence-electron chi connectivity index (χ0n) is 30.8. The average molecular weight is 715 g/mol. The van der Waals surface area contributed by atoms with Crippen molar-refractivity contribution in [1.29, 1.82) is 0 Å². The van der Waals surface area contributed by atoms with Crippen molar-refractivity contribution >= 4 is 38.9 Å². The quantitative estimate of drug-likeness (QED) is 0.152. The number of benzene rings is 9. The molecule has 10 rings (SSSR count). The minimum absolute atomic E-state index is 1.11. The Kier molecular flexibility index (Phi) is 8.55. The van der Waals surface area contributed by atoms with Gasteiger partial charge in [-0.05, 0) is 93.5 Å². The molecule has 0 bridgehead atoms. The second-order valence-corrected chi connectivity index (χ2v) is 14.1. The molecule has 2 nitrogen and oxygen atoms in total. The van der Waals surface area contributed by atoms with E-state index in [0.29, 0.717) is 0 Å². The summed E-state index contributed by atoms with van der Waals surface area (Å²) in [6.45, 7) is 0. The van der Waals surface area contributed by atoms with Crippen LogP contribution in [-0.4, -0.2) is 4.57 Å². The molecule has 0 N–H and O–H groups in total. The third-order valence-electron chi connectivity index (χ3n) is 10.8. The van der Waals surface area contributed by atoms with Gasteiger partial charge in [-0.2, -0.15) is 0 Å². The maximum atomic E-state index is 2.44. The van der Waals surface area contributed by atoms with Gasteiger partial charge in [0.2, 0.25) is 0 Å². The zero-order valence-corrected chi connectivity index (χ0v) is 30.8. The van der Waals surface area contributed by atoms with Crippen molar-refractivity contribution < 1.29 is 0 Å². The van der Waals surface area contributed by atoms with E-state index in [-0.39, 0.29) is 0 Å². The van der Waals surface area contributed by atoms with Gasteiger partial charge in [0.1, 0.15) is 0 Å². The van der Waals surface area contributed by atoms with Crippen LogP contribution in [0.15, 0.2) is 231 Å². The van der Waals surface area contributed by atoms with Gasteiger partial charge in [0, 0.05) is 33.4 Å². The van der Waals surface area contributed by atoms with Crippen LogP contribution in [0.5, 0.6) is 0 Å². The van der Waals surface area contributed by atoms with Gasteiger partial charge in [0.05, 0.1) is 16.7 Å². The molecular weight excluding hydrogens is 677 g/mol. The molecule has 0 unspecified atom stereocenters. The molecular formula is C54H38N2. The Balaban J connectivity index is 0.989. The van der Waals surface area contributed by atoms with Gasteiger partial charge >= 0.3 is 0 Å². The lowest BCUT2D eigenvalue weighted by Gasteiger charge is -2.26. The van der Waals surface area contributed by atoms with Crippen LogP contribution in [0.25, 0.3) is 72.0 Å². The standard InChI is InChI=1S/C54H38N2/c1-4-15-39(16-5-1)41-31-35-46(36-32-41)55(45-19-8-3-9-20-45)47-37-33-42(34-38-47)40-27-29-44(30-28-40)48-21-10-12-24-51(48)56-52-25-13-11-22-50(52)54-49(23-14-26-53(54)56)43-17-6-2-7-18-43/h1-38H. The van der Waals surface area contributed by atoms with E-state index in [1.54, 1.807) is 0 Å². The lowest BCUT2D eigenvalue weighted by atomic mass is 9.98. The smallest absolute Gasteiger partial charge is 0.0547 e. The first-order valence-corrected chi connectivity index (χ1v) is 19.2. The van der Waals surface area contributed by atoms with E-state index in [0.717, 1.165) is 17.1 Å². The number of aromatic nitrogens is 1. The summed E-state index contributed by atoms with van der Waals surface area (Å²) in [5.74, 6) is 0. The molecule has 0 saturated heterocycles. The fourth-order valence-corrected chi connectivity index (χ4v) is 8.15. The third-order valence-corrected chi connectivity index (χ3v) is 10.8. The lowest BCUT2D eigenvalue weighted by molar-refractivity contribution is 1.18. The molecule has 56 heavy (non-hydrogen) atoms. The highest BCUT2D eigenvalue weighted by atomic mass is 15.1. The summed E-state index contributed by atoms with van der Waals surface area (Å²) in [4.78, 5) is 2.32. The van der Waals surface area contributed by atoms with Crippen LogP contribution in [-0.2, 0) is 0 Å². The summed E-state index contributed by atoms with van der Waals surface area (Å²) < 4.78 is 2.44. The number of fused-ring (bicyclic) bond motifs is 3. The van der Waals surface area contributed by atoms with Gasteiger partial charge in [-0.1, -0.05) is 176 Å². The number of para-hydroxylation sites is 3. The number of hydrogen-bond donors (Lipinski definition) is 0. The van der Waals surface area contributed by atoms with E-state index in [4.69, 9.17) is 0 Å². The molecule has 1 aromatic heterocycles. The summed E-state index contributed by atoms with van der Waals surface area (Å²) in [7, 11) is 0. The summed E-state index contributed by atoms with van der Waals surface area (Å²) in [5, 5.41) is 2.53. The van der Waals surface area contributed by atoms with E-state index >= 15 is 0 Å². The average Bonchev–Trinajstić information content (AvgIpc) is 3.62. The minimum atomic E-state index is 1.11. The maximum Gasteiger partial charge on any atom is 0.0547 e. The Morgan fingerprint density at radius 2 is 0.679 bits per heavy atom. The summed E-state index contributed by atoms with van der Waals surface area (Å²) in [6, 6.07) is 82.8. The Morgan fingerprint density at radius 1 is 0.268 bits per heavy atom. The summed E-state index contributed by atoms with van der Waals surface area (Å²) in [5.41, 5.74) is 16.5. The molecule has 0 aliphatic heterocycles. The molecule has 0 spiro atoms. The summed E-state index contributed by atoms with van der Waals surface area (Å²) in [6.07, 6.45) is 0. The molecule has 2 heteroatoms. The van der Waals surface area contributed by atoms with Crippen molar-refractivity contribution in [3.05, 3.63) is 231 Å². The molecule has 9 aromatic carbocycles. The molecule has 0 fully saturated rings. The Labute approximate surface area is 327 Å². The predicted octanol–water partition coefficient (Wildman–Crippen LogP) is 14.9. The fourth-order valence-electron chi connectivity index (χ4n) is 8.15. The molecule has 264 valence electrons. The first kappa shape index (κ1) is 33.2. The fraction of sp³-hybridized carbons (Fsp3) is 0. The topological polar surface area (TPSA) is 8.17 Å². The van der Waals surface area contributed by atoms with E-state index < -0.39 is 0 Å². The molecule has 10 aromatic rings. The van der Waals surface area contributed by atoms with Crippen LogP contribution < -0.4 is 4.90 Å². The van der Waals surface area contributed by atoms with E-state index in [1.807, 2.05) is 0 Å². The second kappa shape index (κ2) is 14.4. The van der Waals surface area contributed by atoms with Gasteiger partial charge in [0.15, 0.2) is 0 Å². The van der Waals surface area contributed by atoms with Gasteiger partial charge in [0.25, 0.3) is 0 Å². The van der Waals surface area contributed by atoms with Gasteiger partial charge in [-0.15, -0.1) is 0 Å². The van der Waals surface area contributed by atoms with Crippen molar-refractivity contribution in [2.75, 3.05) is 4.90 Å². The van der Waals surface area contributed by atoms with E-state index in [1.165, 1.54) is 72.0 Å². The van der Waals surface area contributed by atoms with Crippen molar-refractivity contribution in [2.45, 2.75) is 0 Å². The van der Waals surface area contributed by atoms with Crippen LogP contribution in [0.1, 0.15) is 0 Å². The highest BCUT2D eigenvalue weighted by molar-refractivity contribution is 6.16. The van der Waals surface area contributed by atoms with Gasteiger partial charge in [-0.3, -0.25) is 0 Å². The monoisotopic (exact) mass is 714 g/mol. The van der Waals surface area contributed by atoms with E-state index in [2.05, 4.69) is 240 Å². The zero-order chi connectivity index (χ0) is 37.3. The predicted molar refractivity (Wildman–Crippen MR) is 237 cm³/mol. The molecule has 0 atom stereocenters. The van der Waals surface area contributed by atoms with Crippen molar-refractivity contribution in [2.24, 2.45) is 0 Å².